The first-order chi connectivity index (χ1) is 15.5. The Morgan fingerprint density at radius 3 is 1.41 bits per heavy atom. The molecule has 0 aliphatic carbocycles. The highest BCUT2D eigenvalue weighted by Gasteiger charge is 2.28. The Morgan fingerprint density at radius 1 is 0.719 bits per heavy atom. The van der Waals surface area contributed by atoms with Gasteiger partial charge in [0.25, 0.3) is 11.8 Å². The molecule has 0 saturated carbocycles. The van der Waals surface area contributed by atoms with Gasteiger partial charge in [-0.15, -0.1) is 0 Å². The van der Waals surface area contributed by atoms with Crippen LogP contribution in [0.3, 0.4) is 0 Å². The van der Waals surface area contributed by atoms with Crippen LogP contribution in [-0.4, -0.2) is 61.6 Å². The summed E-state index contributed by atoms with van der Waals surface area (Å²) >= 11 is 0. The van der Waals surface area contributed by atoms with E-state index in [1.807, 2.05) is 0 Å². The minimum Gasteiger partial charge on any atom is -0.467 e. The zero-order chi connectivity index (χ0) is 23.1. The van der Waals surface area contributed by atoms with Crippen LogP contribution in [0.5, 0.6) is 0 Å². The first-order valence-electron chi connectivity index (χ1n) is 9.66. The number of fused-ring (bicyclic) bond motifs is 3. The van der Waals surface area contributed by atoms with Crippen molar-refractivity contribution in [2.45, 2.75) is 12.1 Å². The number of hydrogen-bond acceptors (Lipinski definition) is 8. The van der Waals surface area contributed by atoms with Crippen LogP contribution < -0.4 is 10.6 Å². The molecule has 10 heteroatoms. The molecular formula is C22H22N2O6S2. The molecule has 0 aromatic heterocycles. The van der Waals surface area contributed by atoms with Gasteiger partial charge in [0.1, 0.15) is 12.1 Å². The zero-order valence-electron chi connectivity index (χ0n) is 17.5. The zero-order valence-corrected chi connectivity index (χ0v) is 19.1. The van der Waals surface area contributed by atoms with Gasteiger partial charge in [0.2, 0.25) is 0 Å². The third-order valence-electron chi connectivity index (χ3n) is 4.77. The number of benzene rings is 2. The average Bonchev–Trinajstić information content (AvgIpc) is 2.83. The number of nitrogens with one attached hydrogen (secondary N) is 2. The Hall–Kier alpha value is -2.98. The summed E-state index contributed by atoms with van der Waals surface area (Å²) in [7, 11) is 5.06. The molecule has 1 heterocycles. The monoisotopic (exact) mass is 474 g/mol. The molecule has 0 spiro atoms. The summed E-state index contributed by atoms with van der Waals surface area (Å²) in [6.45, 7) is 0. The summed E-state index contributed by atoms with van der Waals surface area (Å²) in [6, 6.07) is 11.8. The molecule has 8 nitrogen and oxygen atoms in total. The van der Waals surface area contributed by atoms with Crippen LogP contribution in [-0.2, 0) is 19.1 Å². The molecule has 1 aliphatic heterocycles. The predicted octanol–water partition coefficient (Wildman–Crippen LogP) is 2.29. The van der Waals surface area contributed by atoms with E-state index in [4.69, 9.17) is 9.47 Å². The van der Waals surface area contributed by atoms with Crippen molar-refractivity contribution in [2.75, 3.05) is 25.7 Å². The largest absolute Gasteiger partial charge is 0.467 e. The molecule has 1 aliphatic rings. The highest BCUT2D eigenvalue weighted by Crippen LogP contribution is 2.29. The van der Waals surface area contributed by atoms with E-state index in [0.717, 1.165) is 0 Å². The summed E-state index contributed by atoms with van der Waals surface area (Å²) in [5, 5.41) is 5.45. The first kappa shape index (κ1) is 23.7. The van der Waals surface area contributed by atoms with Gasteiger partial charge in [0.05, 0.1) is 14.2 Å². The Morgan fingerprint density at radius 2 is 1.06 bits per heavy atom. The van der Waals surface area contributed by atoms with Crippen LogP contribution in [0.25, 0.3) is 11.1 Å². The van der Waals surface area contributed by atoms with Crippen molar-refractivity contribution in [1.82, 2.24) is 10.6 Å². The van der Waals surface area contributed by atoms with Crippen LogP contribution in [0.1, 0.15) is 20.7 Å². The Kier molecular flexibility index (Phi) is 8.18. The van der Waals surface area contributed by atoms with Gasteiger partial charge in [-0.3, -0.25) is 9.59 Å². The minimum absolute atomic E-state index is 0.212. The van der Waals surface area contributed by atoms with Gasteiger partial charge in [-0.05, 0) is 23.3 Å². The Labute approximate surface area is 193 Å². The molecule has 0 radical (unpaired) electrons. The molecule has 0 unspecified atom stereocenters. The van der Waals surface area contributed by atoms with Gasteiger partial charge >= 0.3 is 11.9 Å². The van der Waals surface area contributed by atoms with Crippen molar-refractivity contribution in [3.05, 3.63) is 59.7 Å². The molecule has 2 aromatic carbocycles. The highest BCUT2D eigenvalue weighted by atomic mass is 33.1. The van der Waals surface area contributed by atoms with E-state index in [9.17, 15) is 19.2 Å². The number of carbonyl (C=O) groups is 4. The van der Waals surface area contributed by atoms with Gasteiger partial charge < -0.3 is 20.1 Å². The third-order valence-corrected chi connectivity index (χ3v) is 7.19. The number of amides is 2. The molecule has 2 N–H and O–H groups in total. The Bertz CT molecular complexity index is 947. The third kappa shape index (κ3) is 5.43. The summed E-state index contributed by atoms with van der Waals surface area (Å²) in [5.74, 6) is -1.64. The van der Waals surface area contributed by atoms with Crippen molar-refractivity contribution >= 4 is 45.3 Å². The van der Waals surface area contributed by atoms with Crippen LogP contribution in [0.2, 0.25) is 0 Å². The summed E-state index contributed by atoms with van der Waals surface area (Å²) in [6.07, 6.45) is 0. The topological polar surface area (TPSA) is 111 Å². The molecule has 0 fully saturated rings. The molecule has 0 bridgehead atoms. The standard InChI is InChI=1S/C22H22N2O6S2/c1-29-21(27)17-11-31-32-12-18(22(28)30-2)24-20(26)16-10-6-4-8-14(16)13-7-3-5-9-15(13)19(25)23-17/h3-10,17-18H,11-12H2,1-2H3,(H,23,25)(H,24,26)/t17-,18-/m0/s1. The van der Waals surface area contributed by atoms with E-state index >= 15 is 0 Å². The fourth-order valence-electron chi connectivity index (χ4n) is 3.16. The summed E-state index contributed by atoms with van der Waals surface area (Å²) in [5.41, 5.74) is 1.66. The van der Waals surface area contributed by atoms with Crippen LogP contribution in [0.15, 0.2) is 48.5 Å². The molecule has 0 saturated heterocycles. The number of ether oxygens (including phenoxy) is 2. The maximum Gasteiger partial charge on any atom is 0.329 e. The van der Waals surface area contributed by atoms with E-state index in [0.29, 0.717) is 22.3 Å². The van der Waals surface area contributed by atoms with Crippen molar-refractivity contribution in [3.8, 4) is 11.1 Å². The number of esters is 2. The lowest BCUT2D eigenvalue weighted by molar-refractivity contribution is -0.143. The summed E-state index contributed by atoms with van der Waals surface area (Å²) < 4.78 is 9.67. The van der Waals surface area contributed by atoms with E-state index in [1.54, 1.807) is 48.5 Å². The smallest absolute Gasteiger partial charge is 0.329 e. The first-order valence-corrected chi connectivity index (χ1v) is 12.1. The number of rotatable bonds is 2. The fraction of sp³-hybridized carbons (Fsp3) is 0.273. The average molecular weight is 475 g/mol. The number of methoxy groups -OCH3 is 2. The second-order valence-electron chi connectivity index (χ2n) is 6.76. The van der Waals surface area contributed by atoms with Crippen LogP contribution in [0.4, 0.5) is 0 Å². The summed E-state index contributed by atoms with van der Waals surface area (Å²) in [4.78, 5) is 50.6. The normalized spacial score (nSPS) is 19.3. The van der Waals surface area contributed by atoms with Gasteiger partial charge in [-0.2, -0.15) is 0 Å². The second-order valence-corrected chi connectivity index (χ2v) is 9.31. The quantitative estimate of drug-likeness (QED) is 0.504. The molecule has 2 amide bonds. The van der Waals surface area contributed by atoms with E-state index in [-0.39, 0.29) is 11.5 Å². The van der Waals surface area contributed by atoms with Gasteiger partial charge in [-0.25, -0.2) is 9.59 Å². The van der Waals surface area contributed by atoms with Crippen LogP contribution in [0, 0.1) is 0 Å². The molecular weight excluding hydrogens is 452 g/mol. The predicted molar refractivity (Wildman–Crippen MR) is 123 cm³/mol. The van der Waals surface area contributed by atoms with Gasteiger partial charge in [0, 0.05) is 22.6 Å². The molecule has 2 atom stereocenters. The number of hydrogen-bond donors (Lipinski definition) is 2. The van der Waals surface area contributed by atoms with Gasteiger partial charge in [-0.1, -0.05) is 58.0 Å². The molecule has 3 rings (SSSR count). The maximum atomic E-state index is 13.1. The lowest BCUT2D eigenvalue weighted by atomic mass is 9.94. The van der Waals surface area contributed by atoms with Crippen molar-refractivity contribution in [3.63, 3.8) is 0 Å². The lowest BCUT2D eigenvalue weighted by Gasteiger charge is -2.21. The maximum absolute atomic E-state index is 13.1. The van der Waals surface area contributed by atoms with Gasteiger partial charge in [0.15, 0.2) is 0 Å². The lowest BCUT2D eigenvalue weighted by Crippen LogP contribution is -2.44. The van der Waals surface area contributed by atoms with Crippen molar-refractivity contribution < 1.29 is 28.7 Å². The number of carbonyl (C=O) groups excluding carboxylic acids is 4. The van der Waals surface area contributed by atoms with E-state index in [2.05, 4.69) is 10.6 Å². The van der Waals surface area contributed by atoms with Crippen LogP contribution >= 0.6 is 21.6 Å². The van der Waals surface area contributed by atoms with E-state index < -0.39 is 35.8 Å². The van der Waals surface area contributed by atoms with Crippen molar-refractivity contribution in [2.24, 2.45) is 0 Å². The molecule has 2 aromatic rings. The van der Waals surface area contributed by atoms with E-state index in [1.165, 1.54) is 35.8 Å². The molecule has 168 valence electrons. The minimum atomic E-state index is -0.887. The Balaban J connectivity index is 2.09. The second kappa shape index (κ2) is 11.1. The SMILES string of the molecule is COC(=O)[C@@H]1CSSC[C@@H](C(=O)OC)NC(=O)c2ccccc2-c2ccccc2C(=O)N1. The highest BCUT2D eigenvalue weighted by molar-refractivity contribution is 8.76. The fourth-order valence-corrected chi connectivity index (χ4v) is 5.46. The molecule has 32 heavy (non-hydrogen) atoms. The van der Waals surface area contributed by atoms with Crippen molar-refractivity contribution in [1.29, 1.82) is 0 Å².